The van der Waals surface area contributed by atoms with Crippen molar-refractivity contribution in [2.45, 2.75) is 13.0 Å². The second-order valence-electron chi connectivity index (χ2n) is 4.62. The van der Waals surface area contributed by atoms with Gasteiger partial charge in [-0.2, -0.15) is 0 Å². The maximum absolute atomic E-state index is 12.1. The van der Waals surface area contributed by atoms with Crippen molar-refractivity contribution in [2.75, 3.05) is 14.2 Å². The maximum atomic E-state index is 12.1. The third-order valence-corrected chi connectivity index (χ3v) is 3.82. The minimum Gasteiger partial charge on any atom is -0.496 e. The van der Waals surface area contributed by atoms with Gasteiger partial charge < -0.3 is 14.0 Å². The first-order chi connectivity index (χ1) is 9.65. The van der Waals surface area contributed by atoms with Crippen LogP contribution in [0.1, 0.15) is 5.56 Å². The molecule has 0 saturated heterocycles. The summed E-state index contributed by atoms with van der Waals surface area (Å²) in [6.07, 6.45) is 0.726. The first-order valence-electron chi connectivity index (χ1n) is 6.30. The molecule has 1 aliphatic heterocycles. The third-order valence-electron chi connectivity index (χ3n) is 3.61. The molecule has 2 heterocycles. The van der Waals surface area contributed by atoms with Crippen LogP contribution in [-0.2, 0) is 13.0 Å². The molecular weight excluding hydrogens is 278 g/mol. The Kier molecular flexibility index (Phi) is 3.18. The van der Waals surface area contributed by atoms with Crippen LogP contribution in [0.2, 0.25) is 5.02 Å². The Morgan fingerprint density at radius 1 is 1.15 bits per heavy atom. The number of methoxy groups -OCH3 is 2. The largest absolute Gasteiger partial charge is 0.496 e. The Morgan fingerprint density at radius 2 is 1.85 bits per heavy atom. The highest BCUT2D eigenvalue weighted by molar-refractivity contribution is 6.30. The minimum absolute atomic E-state index is 0.0944. The Morgan fingerprint density at radius 3 is 2.55 bits per heavy atom. The van der Waals surface area contributed by atoms with Crippen LogP contribution >= 0.6 is 11.6 Å². The molecule has 1 aliphatic rings. The summed E-state index contributed by atoms with van der Waals surface area (Å²) in [6.45, 7) is 0.613. The highest BCUT2D eigenvalue weighted by atomic mass is 35.5. The van der Waals surface area contributed by atoms with Crippen molar-refractivity contribution < 1.29 is 9.47 Å². The van der Waals surface area contributed by atoms with E-state index in [1.165, 1.54) is 6.07 Å². The summed E-state index contributed by atoms with van der Waals surface area (Å²) in [5.74, 6) is 1.52. The molecular formula is C15H14ClNO3. The van der Waals surface area contributed by atoms with Gasteiger partial charge in [-0.25, -0.2) is 0 Å². The molecule has 0 atom stereocenters. The summed E-state index contributed by atoms with van der Waals surface area (Å²) in [6, 6.07) is 6.96. The second kappa shape index (κ2) is 4.87. The monoisotopic (exact) mass is 291 g/mol. The summed E-state index contributed by atoms with van der Waals surface area (Å²) < 4.78 is 12.6. The molecule has 3 rings (SSSR count). The van der Waals surface area contributed by atoms with E-state index in [0.29, 0.717) is 11.6 Å². The summed E-state index contributed by atoms with van der Waals surface area (Å²) in [4.78, 5) is 12.1. The quantitative estimate of drug-likeness (QED) is 0.854. The number of halogens is 1. The highest BCUT2D eigenvalue weighted by Crippen LogP contribution is 2.41. The van der Waals surface area contributed by atoms with E-state index >= 15 is 0 Å². The van der Waals surface area contributed by atoms with E-state index in [1.807, 2.05) is 12.1 Å². The average Bonchev–Trinajstić information content (AvgIpc) is 2.45. The van der Waals surface area contributed by atoms with Gasteiger partial charge in [0.2, 0.25) is 0 Å². The van der Waals surface area contributed by atoms with Crippen LogP contribution in [0.4, 0.5) is 0 Å². The topological polar surface area (TPSA) is 40.5 Å². The summed E-state index contributed by atoms with van der Waals surface area (Å²) >= 11 is 6.03. The van der Waals surface area contributed by atoms with Crippen LogP contribution in [-0.4, -0.2) is 18.8 Å². The first kappa shape index (κ1) is 13.1. The fraction of sp³-hybridized carbons (Fsp3) is 0.267. The van der Waals surface area contributed by atoms with E-state index < -0.39 is 0 Å². The van der Waals surface area contributed by atoms with Crippen LogP contribution in [0.25, 0.3) is 11.3 Å². The molecule has 0 aliphatic carbocycles. The van der Waals surface area contributed by atoms with E-state index in [0.717, 1.165) is 34.7 Å². The van der Waals surface area contributed by atoms with Gasteiger partial charge in [0.15, 0.2) is 0 Å². The molecule has 2 aromatic rings. The molecule has 0 amide bonds. The number of pyridine rings is 1. The Balaban J connectivity index is 2.38. The average molecular weight is 292 g/mol. The molecule has 5 heteroatoms. The zero-order valence-electron chi connectivity index (χ0n) is 11.3. The molecule has 1 aromatic carbocycles. The fourth-order valence-electron chi connectivity index (χ4n) is 2.72. The number of ether oxygens (including phenoxy) is 2. The summed E-state index contributed by atoms with van der Waals surface area (Å²) in [5.41, 5.74) is 2.62. The molecule has 0 radical (unpaired) electrons. The number of aromatic nitrogens is 1. The van der Waals surface area contributed by atoms with E-state index in [9.17, 15) is 4.79 Å². The third kappa shape index (κ3) is 1.88. The van der Waals surface area contributed by atoms with Crippen molar-refractivity contribution in [1.29, 1.82) is 0 Å². The van der Waals surface area contributed by atoms with E-state index in [2.05, 4.69) is 0 Å². The minimum atomic E-state index is -0.0944. The lowest BCUT2D eigenvalue weighted by Crippen LogP contribution is -2.25. The Labute approximate surface area is 121 Å². The van der Waals surface area contributed by atoms with E-state index in [4.69, 9.17) is 21.1 Å². The first-order valence-corrected chi connectivity index (χ1v) is 6.68. The van der Waals surface area contributed by atoms with Crippen molar-refractivity contribution in [2.24, 2.45) is 0 Å². The molecule has 4 nitrogen and oxygen atoms in total. The van der Waals surface area contributed by atoms with Gasteiger partial charge in [-0.05, 0) is 24.6 Å². The lowest BCUT2D eigenvalue weighted by molar-refractivity contribution is 0.396. The maximum Gasteiger partial charge on any atom is 0.252 e. The molecule has 0 spiro atoms. The molecule has 0 fully saturated rings. The van der Waals surface area contributed by atoms with Gasteiger partial charge in [0.1, 0.15) is 11.5 Å². The predicted octanol–water partition coefficient (Wildman–Crippen LogP) is 2.74. The predicted molar refractivity (Wildman–Crippen MR) is 78.0 cm³/mol. The van der Waals surface area contributed by atoms with Crippen molar-refractivity contribution in [3.05, 3.63) is 45.2 Å². The number of fused-ring (bicyclic) bond motifs is 3. The molecule has 1 aromatic heterocycles. The fourth-order valence-corrected chi connectivity index (χ4v) is 2.92. The van der Waals surface area contributed by atoms with Gasteiger partial charge in [0, 0.05) is 28.8 Å². The van der Waals surface area contributed by atoms with Crippen molar-refractivity contribution >= 4 is 11.6 Å². The number of rotatable bonds is 2. The highest BCUT2D eigenvalue weighted by Gasteiger charge is 2.24. The smallest absolute Gasteiger partial charge is 0.252 e. The lowest BCUT2D eigenvalue weighted by atomic mass is 9.95. The van der Waals surface area contributed by atoms with Crippen molar-refractivity contribution in [1.82, 2.24) is 4.57 Å². The van der Waals surface area contributed by atoms with Gasteiger partial charge in [0.05, 0.1) is 19.9 Å². The Bertz CT molecular complexity index is 737. The van der Waals surface area contributed by atoms with Gasteiger partial charge in [-0.1, -0.05) is 11.6 Å². The van der Waals surface area contributed by atoms with Crippen LogP contribution < -0.4 is 15.0 Å². The SMILES string of the molecule is COc1ccc(OC)c2c1CCn1c-2cc(Cl)cc1=O. The summed E-state index contributed by atoms with van der Waals surface area (Å²) in [7, 11) is 3.26. The van der Waals surface area contributed by atoms with Crippen LogP contribution in [0.5, 0.6) is 11.5 Å². The molecule has 20 heavy (non-hydrogen) atoms. The summed E-state index contributed by atoms with van der Waals surface area (Å²) in [5, 5.41) is 0.430. The number of benzene rings is 1. The zero-order valence-corrected chi connectivity index (χ0v) is 12.0. The normalized spacial score (nSPS) is 12.6. The van der Waals surface area contributed by atoms with Crippen LogP contribution in [0, 0.1) is 0 Å². The molecule has 0 bridgehead atoms. The number of nitrogens with zero attached hydrogens (tertiary/aromatic N) is 1. The van der Waals surface area contributed by atoms with Crippen LogP contribution in [0.3, 0.4) is 0 Å². The van der Waals surface area contributed by atoms with Gasteiger partial charge in [-0.3, -0.25) is 4.79 Å². The lowest BCUT2D eigenvalue weighted by Gasteiger charge is -2.25. The van der Waals surface area contributed by atoms with E-state index in [-0.39, 0.29) is 5.56 Å². The van der Waals surface area contributed by atoms with Crippen molar-refractivity contribution in [3.8, 4) is 22.8 Å². The van der Waals surface area contributed by atoms with E-state index in [1.54, 1.807) is 24.9 Å². The molecule has 0 N–H and O–H groups in total. The molecule has 0 unspecified atom stereocenters. The van der Waals surface area contributed by atoms with Gasteiger partial charge >= 0.3 is 0 Å². The zero-order chi connectivity index (χ0) is 14.3. The Hall–Kier alpha value is -1.94. The standard InChI is InChI=1S/C15H14ClNO3/c1-19-12-3-4-13(20-2)15-10(12)5-6-17-11(15)7-9(16)8-14(17)18/h3-4,7-8H,5-6H2,1-2H3. The van der Waals surface area contributed by atoms with Crippen molar-refractivity contribution in [3.63, 3.8) is 0 Å². The molecule has 104 valence electrons. The van der Waals surface area contributed by atoms with Gasteiger partial charge in [-0.15, -0.1) is 0 Å². The second-order valence-corrected chi connectivity index (χ2v) is 5.06. The number of hydrogen-bond acceptors (Lipinski definition) is 3. The van der Waals surface area contributed by atoms with Crippen LogP contribution in [0.15, 0.2) is 29.1 Å². The number of hydrogen-bond donors (Lipinski definition) is 0. The molecule has 0 saturated carbocycles. The van der Waals surface area contributed by atoms with Gasteiger partial charge in [0.25, 0.3) is 5.56 Å².